The minimum absolute atomic E-state index is 0.511. The van der Waals surface area contributed by atoms with E-state index in [1.807, 2.05) is 79.2 Å². The fourth-order valence-electron chi connectivity index (χ4n) is 2.72. The van der Waals surface area contributed by atoms with Crippen molar-refractivity contribution in [2.45, 2.75) is 6.92 Å². The second kappa shape index (κ2) is 6.24. The molecule has 2 aromatic carbocycles. The number of anilines is 4. The van der Waals surface area contributed by atoms with Gasteiger partial charge in [0.05, 0.1) is 11.0 Å². The monoisotopic (exact) mass is 330 g/mol. The molecule has 4 aromatic rings. The molecule has 25 heavy (non-hydrogen) atoms. The number of fused-ring (bicyclic) bond motifs is 1. The maximum Gasteiger partial charge on any atom is 0.231 e. The first-order chi connectivity index (χ1) is 12.2. The third-order valence-electron chi connectivity index (χ3n) is 3.91. The Labute approximate surface area is 145 Å². The van der Waals surface area contributed by atoms with Crippen LogP contribution in [-0.2, 0) is 7.05 Å². The number of aromatic nitrogens is 4. The zero-order valence-corrected chi connectivity index (χ0v) is 14.1. The van der Waals surface area contributed by atoms with E-state index in [9.17, 15) is 0 Å². The van der Waals surface area contributed by atoms with Crippen LogP contribution in [0.15, 0.2) is 60.7 Å². The quantitative estimate of drug-likeness (QED) is 0.588. The fourth-order valence-corrected chi connectivity index (χ4v) is 2.72. The van der Waals surface area contributed by atoms with E-state index in [2.05, 4.69) is 25.6 Å². The number of nitrogens with one attached hydrogen (secondary N) is 2. The van der Waals surface area contributed by atoms with Gasteiger partial charge in [-0.15, -0.1) is 0 Å². The number of aryl methyl sites for hydroxylation is 2. The molecule has 2 N–H and O–H groups in total. The highest BCUT2D eigenvalue weighted by Crippen LogP contribution is 2.21. The summed E-state index contributed by atoms with van der Waals surface area (Å²) in [6.07, 6.45) is 0. The zero-order valence-electron chi connectivity index (χ0n) is 14.1. The zero-order chi connectivity index (χ0) is 17.2. The largest absolute Gasteiger partial charge is 0.340 e. The Balaban J connectivity index is 1.65. The minimum Gasteiger partial charge on any atom is -0.340 e. The molecule has 0 aliphatic heterocycles. The van der Waals surface area contributed by atoms with Crippen molar-refractivity contribution in [2.75, 3.05) is 10.6 Å². The molecule has 2 aromatic heterocycles. The number of rotatable bonds is 4. The lowest BCUT2D eigenvalue weighted by molar-refractivity contribution is 0.948. The SMILES string of the molecule is Cc1cc(Nc2ccccc2)nc(Nc2nc3ccccc3n2C)n1. The third kappa shape index (κ3) is 3.14. The molecule has 0 aliphatic rings. The van der Waals surface area contributed by atoms with Crippen LogP contribution in [0.2, 0.25) is 0 Å². The molecule has 2 heterocycles. The Morgan fingerprint density at radius 1 is 0.840 bits per heavy atom. The predicted molar refractivity (Wildman–Crippen MR) is 100 cm³/mol. The Morgan fingerprint density at radius 3 is 2.40 bits per heavy atom. The highest BCUT2D eigenvalue weighted by atomic mass is 15.3. The van der Waals surface area contributed by atoms with Gasteiger partial charge in [-0.1, -0.05) is 30.3 Å². The van der Waals surface area contributed by atoms with Crippen molar-refractivity contribution < 1.29 is 0 Å². The van der Waals surface area contributed by atoms with Gasteiger partial charge in [0, 0.05) is 24.5 Å². The van der Waals surface area contributed by atoms with Crippen molar-refractivity contribution in [1.29, 1.82) is 0 Å². The molecule has 0 spiro atoms. The van der Waals surface area contributed by atoms with Crippen LogP contribution < -0.4 is 10.6 Å². The van der Waals surface area contributed by atoms with Gasteiger partial charge in [-0.3, -0.25) is 5.32 Å². The molecule has 0 bridgehead atoms. The summed E-state index contributed by atoms with van der Waals surface area (Å²) in [5.74, 6) is 1.95. The lowest BCUT2D eigenvalue weighted by Gasteiger charge is -2.09. The lowest BCUT2D eigenvalue weighted by atomic mass is 10.3. The highest BCUT2D eigenvalue weighted by molar-refractivity contribution is 5.79. The van der Waals surface area contributed by atoms with Crippen molar-refractivity contribution in [3.8, 4) is 0 Å². The van der Waals surface area contributed by atoms with Crippen LogP contribution in [0.5, 0.6) is 0 Å². The molecule has 6 nitrogen and oxygen atoms in total. The van der Waals surface area contributed by atoms with Crippen molar-refractivity contribution >= 4 is 34.4 Å². The van der Waals surface area contributed by atoms with Gasteiger partial charge in [0.1, 0.15) is 5.82 Å². The number of imidazole rings is 1. The predicted octanol–water partition coefficient (Wildman–Crippen LogP) is 4.16. The molecule has 0 fully saturated rings. The van der Waals surface area contributed by atoms with Crippen LogP contribution in [0.1, 0.15) is 5.69 Å². The molecule has 6 heteroatoms. The number of hydrogen-bond acceptors (Lipinski definition) is 5. The molecular formula is C19H18N6. The molecular weight excluding hydrogens is 312 g/mol. The molecule has 4 rings (SSSR count). The van der Waals surface area contributed by atoms with Gasteiger partial charge < -0.3 is 9.88 Å². The summed E-state index contributed by atoms with van der Waals surface area (Å²) in [5, 5.41) is 6.51. The number of benzene rings is 2. The molecule has 0 saturated heterocycles. The molecule has 0 aliphatic carbocycles. The minimum atomic E-state index is 0.511. The summed E-state index contributed by atoms with van der Waals surface area (Å²) in [5.41, 5.74) is 3.84. The molecule has 0 radical (unpaired) electrons. The van der Waals surface area contributed by atoms with Gasteiger partial charge >= 0.3 is 0 Å². The number of nitrogens with zero attached hydrogens (tertiary/aromatic N) is 4. The topological polar surface area (TPSA) is 67.7 Å². The Morgan fingerprint density at radius 2 is 1.60 bits per heavy atom. The summed E-state index contributed by atoms with van der Waals surface area (Å²) in [7, 11) is 1.97. The van der Waals surface area contributed by atoms with Crippen LogP contribution in [-0.4, -0.2) is 19.5 Å². The van der Waals surface area contributed by atoms with Crippen LogP contribution in [0, 0.1) is 6.92 Å². The van der Waals surface area contributed by atoms with E-state index in [1.54, 1.807) is 0 Å². The summed E-state index contributed by atoms with van der Waals surface area (Å²) < 4.78 is 1.99. The smallest absolute Gasteiger partial charge is 0.231 e. The van der Waals surface area contributed by atoms with E-state index in [1.165, 1.54) is 0 Å². The van der Waals surface area contributed by atoms with Gasteiger partial charge in [0.2, 0.25) is 11.9 Å². The van der Waals surface area contributed by atoms with Gasteiger partial charge in [-0.2, -0.15) is 4.98 Å². The molecule has 0 saturated carbocycles. The van der Waals surface area contributed by atoms with E-state index >= 15 is 0 Å². The Hall–Kier alpha value is -3.41. The molecule has 0 atom stereocenters. The number of hydrogen-bond donors (Lipinski definition) is 2. The summed E-state index contributed by atoms with van der Waals surface area (Å²) >= 11 is 0. The molecule has 0 amide bonds. The maximum atomic E-state index is 4.60. The Kier molecular flexibility index (Phi) is 3.78. The normalized spacial score (nSPS) is 10.8. The Bertz CT molecular complexity index is 1020. The summed E-state index contributed by atoms with van der Waals surface area (Å²) in [6, 6.07) is 19.8. The lowest BCUT2D eigenvalue weighted by Crippen LogP contribution is -2.05. The van der Waals surface area contributed by atoms with E-state index in [0.717, 1.165) is 28.2 Å². The standard InChI is InChI=1S/C19H18N6/c1-13-12-17(21-14-8-4-3-5-9-14)23-18(20-13)24-19-22-15-10-6-7-11-16(15)25(19)2/h3-12H,1-2H3,(H2,20,21,22,23,24). The maximum absolute atomic E-state index is 4.60. The van der Waals surface area contributed by atoms with Crippen LogP contribution >= 0.6 is 0 Å². The van der Waals surface area contributed by atoms with Crippen molar-refractivity contribution in [1.82, 2.24) is 19.5 Å². The van der Waals surface area contributed by atoms with Gasteiger partial charge in [0.25, 0.3) is 0 Å². The second-order valence-electron chi connectivity index (χ2n) is 5.82. The van der Waals surface area contributed by atoms with Gasteiger partial charge in [-0.05, 0) is 31.2 Å². The summed E-state index contributed by atoms with van der Waals surface area (Å²) in [4.78, 5) is 13.6. The summed E-state index contributed by atoms with van der Waals surface area (Å²) in [6.45, 7) is 1.94. The van der Waals surface area contributed by atoms with E-state index in [4.69, 9.17) is 0 Å². The van der Waals surface area contributed by atoms with Crippen LogP contribution in [0.25, 0.3) is 11.0 Å². The first kappa shape index (κ1) is 15.1. The van der Waals surface area contributed by atoms with Gasteiger partial charge in [0.15, 0.2) is 0 Å². The number of para-hydroxylation sites is 3. The van der Waals surface area contributed by atoms with Crippen molar-refractivity contribution in [3.05, 3.63) is 66.4 Å². The van der Waals surface area contributed by atoms with E-state index < -0.39 is 0 Å². The van der Waals surface area contributed by atoms with Gasteiger partial charge in [-0.25, -0.2) is 9.97 Å². The first-order valence-electron chi connectivity index (χ1n) is 8.05. The first-order valence-corrected chi connectivity index (χ1v) is 8.05. The second-order valence-corrected chi connectivity index (χ2v) is 5.82. The van der Waals surface area contributed by atoms with E-state index in [0.29, 0.717) is 11.9 Å². The third-order valence-corrected chi connectivity index (χ3v) is 3.91. The highest BCUT2D eigenvalue weighted by Gasteiger charge is 2.10. The van der Waals surface area contributed by atoms with Crippen LogP contribution in [0.3, 0.4) is 0 Å². The van der Waals surface area contributed by atoms with Crippen molar-refractivity contribution in [3.63, 3.8) is 0 Å². The van der Waals surface area contributed by atoms with Crippen LogP contribution in [0.4, 0.5) is 23.4 Å². The molecule has 0 unspecified atom stereocenters. The average Bonchev–Trinajstić information content (AvgIpc) is 2.91. The molecule has 124 valence electrons. The van der Waals surface area contributed by atoms with E-state index in [-0.39, 0.29) is 0 Å². The van der Waals surface area contributed by atoms with Crippen molar-refractivity contribution in [2.24, 2.45) is 7.05 Å². The average molecular weight is 330 g/mol. The fraction of sp³-hybridized carbons (Fsp3) is 0.105.